The highest BCUT2D eigenvalue weighted by molar-refractivity contribution is 6.08. The average molecular weight is 358 g/mol. The third-order valence-corrected chi connectivity index (χ3v) is 5.37. The Hall–Kier alpha value is -2.61. The van der Waals surface area contributed by atoms with Crippen molar-refractivity contribution in [2.75, 3.05) is 31.2 Å². The van der Waals surface area contributed by atoms with Gasteiger partial charge in [0.15, 0.2) is 0 Å². The molecule has 3 fully saturated rings. The van der Waals surface area contributed by atoms with Gasteiger partial charge in [-0.25, -0.2) is 4.79 Å². The fraction of sp³-hybridized carbons (Fsp3) is 0.500. The predicted octanol–water partition coefficient (Wildman–Crippen LogP) is 0.128. The molecular weight excluding hydrogens is 336 g/mol. The van der Waals surface area contributed by atoms with Gasteiger partial charge in [0.1, 0.15) is 5.54 Å². The number of nitrogens with zero attached hydrogens (tertiary/aromatic N) is 1. The van der Waals surface area contributed by atoms with Gasteiger partial charge < -0.3 is 20.3 Å². The molecule has 26 heavy (non-hydrogen) atoms. The normalized spacial score (nSPS) is 27.7. The van der Waals surface area contributed by atoms with Gasteiger partial charge in [0, 0.05) is 31.2 Å². The second-order valence-electron chi connectivity index (χ2n) is 7.04. The van der Waals surface area contributed by atoms with Crippen molar-refractivity contribution >= 4 is 23.5 Å². The summed E-state index contributed by atoms with van der Waals surface area (Å²) in [7, 11) is 0. The summed E-state index contributed by atoms with van der Waals surface area (Å²) in [6.45, 7) is 3.53. The van der Waals surface area contributed by atoms with Crippen molar-refractivity contribution in [1.29, 1.82) is 0 Å². The van der Waals surface area contributed by atoms with E-state index in [0.717, 1.165) is 24.3 Å². The Morgan fingerprint density at radius 2 is 1.96 bits per heavy atom. The summed E-state index contributed by atoms with van der Waals surface area (Å²) in [5.74, 6) is -0.666. The van der Waals surface area contributed by atoms with E-state index >= 15 is 0 Å². The Labute approximate surface area is 151 Å². The van der Waals surface area contributed by atoms with Crippen LogP contribution in [0, 0.1) is 5.92 Å². The second kappa shape index (κ2) is 6.60. The summed E-state index contributed by atoms with van der Waals surface area (Å²) in [5, 5.41) is 7.83. The maximum atomic E-state index is 12.4. The van der Waals surface area contributed by atoms with Crippen molar-refractivity contribution in [3.63, 3.8) is 0 Å². The molecule has 2 aliphatic heterocycles. The fourth-order valence-corrected chi connectivity index (χ4v) is 3.88. The molecule has 0 atom stereocenters. The largest absolute Gasteiger partial charge is 0.378 e. The van der Waals surface area contributed by atoms with Gasteiger partial charge in [0.25, 0.3) is 5.91 Å². The number of benzene rings is 1. The number of anilines is 1. The molecule has 4 rings (SSSR count). The van der Waals surface area contributed by atoms with E-state index in [4.69, 9.17) is 4.74 Å². The summed E-state index contributed by atoms with van der Waals surface area (Å²) in [4.78, 5) is 37.8. The molecule has 1 spiro atoms. The Morgan fingerprint density at radius 3 is 2.65 bits per heavy atom. The summed E-state index contributed by atoms with van der Waals surface area (Å²) in [6, 6.07) is 7.55. The lowest BCUT2D eigenvalue weighted by atomic mass is 9.68. The zero-order valence-corrected chi connectivity index (χ0v) is 14.4. The molecule has 3 N–H and O–H groups in total. The molecule has 8 nitrogen and oxygen atoms in total. The maximum absolute atomic E-state index is 12.4. The van der Waals surface area contributed by atoms with E-state index < -0.39 is 11.6 Å². The molecule has 1 aliphatic carbocycles. The minimum Gasteiger partial charge on any atom is -0.378 e. The van der Waals surface area contributed by atoms with E-state index in [9.17, 15) is 14.4 Å². The second-order valence-corrected chi connectivity index (χ2v) is 7.04. The van der Waals surface area contributed by atoms with Crippen LogP contribution in [0.15, 0.2) is 24.3 Å². The first-order valence-electron chi connectivity index (χ1n) is 8.89. The number of carbonyl (C=O) groups excluding carboxylic acids is 3. The lowest BCUT2D eigenvalue weighted by Gasteiger charge is -2.41. The number of hydrogen-bond acceptors (Lipinski definition) is 5. The van der Waals surface area contributed by atoms with Crippen LogP contribution in [-0.4, -0.2) is 49.7 Å². The van der Waals surface area contributed by atoms with E-state index in [1.54, 1.807) is 0 Å². The third kappa shape index (κ3) is 3.01. The number of rotatable bonds is 4. The van der Waals surface area contributed by atoms with E-state index in [1.165, 1.54) is 0 Å². The van der Waals surface area contributed by atoms with Gasteiger partial charge in [-0.05, 0) is 24.5 Å². The molecule has 3 aliphatic rings. The smallest absolute Gasteiger partial charge is 0.322 e. The van der Waals surface area contributed by atoms with Crippen molar-refractivity contribution in [2.45, 2.75) is 24.9 Å². The number of morpholine rings is 1. The van der Waals surface area contributed by atoms with E-state index in [2.05, 4.69) is 26.9 Å². The van der Waals surface area contributed by atoms with Gasteiger partial charge >= 0.3 is 6.03 Å². The Kier molecular flexibility index (Phi) is 4.28. The first kappa shape index (κ1) is 16.8. The van der Waals surface area contributed by atoms with Crippen LogP contribution in [-0.2, 0) is 20.9 Å². The van der Waals surface area contributed by atoms with Crippen molar-refractivity contribution in [1.82, 2.24) is 16.0 Å². The highest BCUT2D eigenvalue weighted by Gasteiger charge is 2.57. The third-order valence-electron chi connectivity index (χ3n) is 5.37. The monoisotopic (exact) mass is 358 g/mol. The van der Waals surface area contributed by atoms with Crippen molar-refractivity contribution in [3.8, 4) is 0 Å². The van der Waals surface area contributed by atoms with Crippen LogP contribution < -0.4 is 20.9 Å². The zero-order chi connectivity index (χ0) is 18.1. The van der Waals surface area contributed by atoms with Gasteiger partial charge in [-0.15, -0.1) is 0 Å². The van der Waals surface area contributed by atoms with Crippen LogP contribution >= 0.6 is 0 Å². The van der Waals surface area contributed by atoms with Crippen LogP contribution in [0.1, 0.15) is 18.4 Å². The number of para-hydroxylation sites is 1. The number of urea groups is 1. The summed E-state index contributed by atoms with van der Waals surface area (Å²) in [6.07, 6.45) is 0.697. The Balaban J connectivity index is 1.34. The van der Waals surface area contributed by atoms with Gasteiger partial charge in [-0.2, -0.15) is 0 Å². The molecule has 0 bridgehead atoms. The van der Waals surface area contributed by atoms with Gasteiger partial charge in [0.05, 0.1) is 13.2 Å². The highest BCUT2D eigenvalue weighted by Crippen LogP contribution is 2.40. The van der Waals surface area contributed by atoms with E-state index in [1.807, 2.05) is 18.2 Å². The van der Waals surface area contributed by atoms with Crippen molar-refractivity contribution in [3.05, 3.63) is 29.8 Å². The SMILES string of the molecule is O=C1NC(=O)C2(CC(C(=O)NCc3ccccc3N3CCOCC3)C2)N1. The standard InChI is InChI=1S/C18H22N4O4/c23-15(13-9-18(10-13)16(24)20-17(25)21-18)19-11-12-3-1-2-4-14(12)22-5-7-26-8-6-22/h1-4,13H,5-11H2,(H,19,23)(H2,20,21,24,25). The average Bonchev–Trinajstić information content (AvgIpc) is 2.93. The first-order chi connectivity index (χ1) is 12.6. The molecule has 2 saturated heterocycles. The molecule has 1 aromatic rings. The minimum absolute atomic E-state index is 0.0821. The van der Waals surface area contributed by atoms with Gasteiger partial charge in [-0.1, -0.05) is 18.2 Å². The summed E-state index contributed by atoms with van der Waals surface area (Å²) < 4.78 is 5.40. The van der Waals surface area contributed by atoms with Gasteiger partial charge in [0.2, 0.25) is 5.91 Å². The van der Waals surface area contributed by atoms with Gasteiger partial charge in [-0.3, -0.25) is 14.9 Å². The van der Waals surface area contributed by atoms with E-state index in [-0.39, 0.29) is 17.7 Å². The molecule has 0 aromatic heterocycles. The Morgan fingerprint density at radius 1 is 1.23 bits per heavy atom. The quantitative estimate of drug-likeness (QED) is 0.665. The molecule has 138 valence electrons. The Bertz CT molecular complexity index is 738. The predicted molar refractivity (Wildman–Crippen MR) is 93.5 cm³/mol. The first-order valence-corrected chi connectivity index (χ1v) is 8.89. The van der Waals surface area contributed by atoms with Crippen LogP contribution in [0.3, 0.4) is 0 Å². The molecule has 8 heteroatoms. The fourth-order valence-electron chi connectivity index (χ4n) is 3.88. The highest BCUT2D eigenvalue weighted by atomic mass is 16.5. The molecule has 1 saturated carbocycles. The molecule has 0 radical (unpaired) electrons. The number of imide groups is 1. The number of carbonyl (C=O) groups is 3. The summed E-state index contributed by atoms with van der Waals surface area (Å²) >= 11 is 0. The lowest BCUT2D eigenvalue weighted by Crippen LogP contribution is -2.60. The molecule has 1 aromatic carbocycles. The molecule has 4 amide bonds. The molecular formula is C18H22N4O4. The van der Waals surface area contributed by atoms with Crippen molar-refractivity contribution in [2.24, 2.45) is 5.92 Å². The molecule has 0 unspecified atom stereocenters. The number of nitrogens with one attached hydrogen (secondary N) is 3. The van der Waals surface area contributed by atoms with Crippen LogP contribution in [0.25, 0.3) is 0 Å². The zero-order valence-electron chi connectivity index (χ0n) is 14.4. The number of hydrogen-bond donors (Lipinski definition) is 3. The number of amides is 4. The topological polar surface area (TPSA) is 99.8 Å². The van der Waals surface area contributed by atoms with Crippen LogP contribution in [0.2, 0.25) is 0 Å². The summed E-state index contributed by atoms with van der Waals surface area (Å²) in [5.41, 5.74) is 1.29. The molecule has 2 heterocycles. The van der Waals surface area contributed by atoms with Crippen LogP contribution in [0.5, 0.6) is 0 Å². The minimum atomic E-state index is -0.884. The van der Waals surface area contributed by atoms with Crippen LogP contribution in [0.4, 0.5) is 10.5 Å². The van der Waals surface area contributed by atoms with E-state index in [0.29, 0.717) is 32.6 Å². The van der Waals surface area contributed by atoms with Crippen molar-refractivity contribution < 1.29 is 19.1 Å². The number of ether oxygens (including phenoxy) is 1. The maximum Gasteiger partial charge on any atom is 0.322 e. The lowest BCUT2D eigenvalue weighted by molar-refractivity contribution is -0.136.